The minimum Gasteiger partial charge on any atom is -0.296 e. The fourth-order valence-corrected chi connectivity index (χ4v) is 3.00. The lowest BCUT2D eigenvalue weighted by Crippen LogP contribution is -2.13. The van der Waals surface area contributed by atoms with E-state index in [0.717, 1.165) is 15.9 Å². The van der Waals surface area contributed by atoms with E-state index in [4.69, 9.17) is 0 Å². The van der Waals surface area contributed by atoms with Crippen LogP contribution in [0.2, 0.25) is 0 Å². The van der Waals surface area contributed by atoms with Crippen molar-refractivity contribution < 1.29 is 4.79 Å². The molecule has 7 heteroatoms. The fourth-order valence-electron chi connectivity index (χ4n) is 2.14. The summed E-state index contributed by atoms with van der Waals surface area (Å²) >= 11 is 1.43. The van der Waals surface area contributed by atoms with E-state index in [1.165, 1.54) is 22.3 Å². The number of benzene rings is 2. The number of nitrogens with one attached hydrogen (secondary N) is 1. The van der Waals surface area contributed by atoms with E-state index >= 15 is 0 Å². The molecule has 2 heterocycles. The van der Waals surface area contributed by atoms with Gasteiger partial charge in [-0.05, 0) is 24.3 Å². The smallest absolute Gasteiger partial charge is 0.279 e. The normalized spacial score (nSPS) is 10.8. The first-order chi connectivity index (χ1) is 11.3. The number of aromatic nitrogens is 4. The molecule has 0 spiro atoms. The number of nitrogens with zero attached hydrogens (tertiary/aromatic N) is 4. The van der Waals surface area contributed by atoms with Crippen LogP contribution in [0.3, 0.4) is 0 Å². The third kappa shape index (κ3) is 2.69. The molecule has 0 unspecified atom stereocenters. The number of hydrogen-bond donors (Lipinski definition) is 1. The number of thiazole rings is 1. The van der Waals surface area contributed by atoms with Gasteiger partial charge >= 0.3 is 0 Å². The Morgan fingerprint density at radius 2 is 1.83 bits per heavy atom. The largest absolute Gasteiger partial charge is 0.296 e. The SMILES string of the molecule is O=C(Nc1nc2ccccc2s1)c1cnn(-c2ccccc2)n1. The summed E-state index contributed by atoms with van der Waals surface area (Å²) in [6.07, 6.45) is 1.44. The number of fused-ring (bicyclic) bond motifs is 1. The molecule has 4 aromatic rings. The Labute approximate surface area is 135 Å². The summed E-state index contributed by atoms with van der Waals surface area (Å²) < 4.78 is 1.02. The predicted molar refractivity (Wildman–Crippen MR) is 88.9 cm³/mol. The predicted octanol–water partition coefficient (Wildman–Crippen LogP) is 3.13. The molecule has 4 rings (SSSR count). The first-order valence-electron chi connectivity index (χ1n) is 6.94. The lowest BCUT2D eigenvalue weighted by Gasteiger charge is -1.98. The topological polar surface area (TPSA) is 72.7 Å². The molecule has 0 atom stereocenters. The molecule has 0 saturated heterocycles. The third-order valence-corrected chi connectivity index (χ3v) is 4.18. The average molecular weight is 321 g/mol. The van der Waals surface area contributed by atoms with E-state index in [2.05, 4.69) is 20.5 Å². The zero-order valence-corrected chi connectivity index (χ0v) is 12.7. The molecule has 1 N–H and O–H groups in total. The van der Waals surface area contributed by atoms with E-state index in [1.807, 2.05) is 54.6 Å². The molecule has 0 aliphatic carbocycles. The van der Waals surface area contributed by atoms with Crippen LogP contribution in [0.5, 0.6) is 0 Å². The molecule has 6 nitrogen and oxygen atoms in total. The summed E-state index contributed by atoms with van der Waals surface area (Å²) in [6.45, 7) is 0. The van der Waals surface area contributed by atoms with Gasteiger partial charge < -0.3 is 0 Å². The minimum absolute atomic E-state index is 0.244. The molecule has 0 aliphatic rings. The number of rotatable bonds is 3. The number of hydrogen-bond acceptors (Lipinski definition) is 5. The van der Waals surface area contributed by atoms with Gasteiger partial charge in [-0.25, -0.2) is 4.98 Å². The molecule has 1 amide bonds. The van der Waals surface area contributed by atoms with Gasteiger partial charge in [-0.2, -0.15) is 9.90 Å². The first-order valence-corrected chi connectivity index (χ1v) is 7.76. The molecule has 112 valence electrons. The van der Waals surface area contributed by atoms with Crippen LogP contribution in [0.4, 0.5) is 5.13 Å². The number of amides is 1. The monoisotopic (exact) mass is 321 g/mol. The van der Waals surface area contributed by atoms with Crippen LogP contribution >= 0.6 is 11.3 Å². The number of carbonyl (C=O) groups is 1. The van der Waals surface area contributed by atoms with Crippen molar-refractivity contribution in [1.29, 1.82) is 0 Å². The van der Waals surface area contributed by atoms with Crippen LogP contribution < -0.4 is 5.32 Å². The lowest BCUT2D eigenvalue weighted by atomic mass is 10.3. The van der Waals surface area contributed by atoms with Gasteiger partial charge in [-0.3, -0.25) is 10.1 Å². The summed E-state index contributed by atoms with van der Waals surface area (Å²) in [4.78, 5) is 18.1. The van der Waals surface area contributed by atoms with E-state index < -0.39 is 0 Å². The van der Waals surface area contributed by atoms with Crippen molar-refractivity contribution in [2.75, 3.05) is 5.32 Å². The summed E-state index contributed by atoms with van der Waals surface area (Å²) in [5.41, 5.74) is 1.90. The Kier molecular flexibility index (Phi) is 3.32. The molecule has 23 heavy (non-hydrogen) atoms. The number of para-hydroxylation sites is 2. The van der Waals surface area contributed by atoms with Crippen LogP contribution in [-0.4, -0.2) is 25.9 Å². The van der Waals surface area contributed by atoms with Gasteiger partial charge in [-0.1, -0.05) is 41.7 Å². The molecule has 0 saturated carbocycles. The van der Waals surface area contributed by atoms with Crippen LogP contribution in [0.1, 0.15) is 10.5 Å². The van der Waals surface area contributed by atoms with Gasteiger partial charge in [0.15, 0.2) is 10.8 Å². The van der Waals surface area contributed by atoms with Gasteiger partial charge in [0.25, 0.3) is 5.91 Å². The van der Waals surface area contributed by atoms with Crippen molar-refractivity contribution in [3.8, 4) is 5.69 Å². The maximum Gasteiger partial charge on any atom is 0.279 e. The van der Waals surface area contributed by atoms with E-state index in [0.29, 0.717) is 5.13 Å². The molecule has 0 fully saturated rings. The van der Waals surface area contributed by atoms with Crippen molar-refractivity contribution >= 4 is 32.6 Å². The highest BCUT2D eigenvalue weighted by Crippen LogP contribution is 2.25. The van der Waals surface area contributed by atoms with Crippen LogP contribution in [-0.2, 0) is 0 Å². The molecule has 0 radical (unpaired) electrons. The highest BCUT2D eigenvalue weighted by molar-refractivity contribution is 7.22. The lowest BCUT2D eigenvalue weighted by molar-refractivity contribution is 0.102. The van der Waals surface area contributed by atoms with Crippen LogP contribution in [0.25, 0.3) is 15.9 Å². The Bertz CT molecular complexity index is 943. The van der Waals surface area contributed by atoms with Gasteiger partial charge in [0.2, 0.25) is 0 Å². The van der Waals surface area contributed by atoms with Gasteiger partial charge in [0.1, 0.15) is 0 Å². The summed E-state index contributed by atoms with van der Waals surface area (Å²) in [5, 5.41) is 11.6. The number of carbonyl (C=O) groups excluding carboxylic acids is 1. The Morgan fingerprint density at radius 1 is 1.04 bits per heavy atom. The van der Waals surface area contributed by atoms with Crippen LogP contribution in [0, 0.1) is 0 Å². The Hall–Kier alpha value is -3.06. The molecule has 2 aromatic carbocycles. The van der Waals surface area contributed by atoms with E-state index in [1.54, 1.807) is 0 Å². The van der Waals surface area contributed by atoms with Crippen molar-refractivity contribution in [1.82, 2.24) is 20.0 Å². The molecule has 0 aliphatic heterocycles. The molecular weight excluding hydrogens is 310 g/mol. The average Bonchev–Trinajstić information content (AvgIpc) is 3.22. The van der Waals surface area contributed by atoms with Crippen molar-refractivity contribution in [2.45, 2.75) is 0 Å². The summed E-state index contributed by atoms with van der Waals surface area (Å²) in [7, 11) is 0. The first kappa shape index (κ1) is 13.6. The Morgan fingerprint density at radius 3 is 2.65 bits per heavy atom. The van der Waals surface area contributed by atoms with E-state index in [-0.39, 0.29) is 11.6 Å². The van der Waals surface area contributed by atoms with E-state index in [9.17, 15) is 4.79 Å². The molecule has 2 aromatic heterocycles. The second-order valence-electron chi connectivity index (χ2n) is 4.80. The number of anilines is 1. The fraction of sp³-hybridized carbons (Fsp3) is 0. The van der Waals surface area contributed by atoms with Crippen molar-refractivity contribution in [3.05, 3.63) is 66.5 Å². The molecular formula is C16H11N5OS. The zero-order valence-electron chi connectivity index (χ0n) is 11.9. The minimum atomic E-state index is -0.328. The zero-order chi connectivity index (χ0) is 15.6. The summed E-state index contributed by atoms with van der Waals surface area (Å²) in [6, 6.07) is 17.2. The van der Waals surface area contributed by atoms with Gasteiger partial charge in [0.05, 0.1) is 22.1 Å². The van der Waals surface area contributed by atoms with Gasteiger partial charge in [0, 0.05) is 0 Å². The van der Waals surface area contributed by atoms with Crippen molar-refractivity contribution in [2.24, 2.45) is 0 Å². The second-order valence-corrected chi connectivity index (χ2v) is 5.83. The molecule has 0 bridgehead atoms. The Balaban J connectivity index is 1.56. The van der Waals surface area contributed by atoms with Crippen LogP contribution in [0.15, 0.2) is 60.8 Å². The van der Waals surface area contributed by atoms with Gasteiger partial charge in [-0.15, -0.1) is 5.10 Å². The van der Waals surface area contributed by atoms with Crippen molar-refractivity contribution in [3.63, 3.8) is 0 Å². The maximum atomic E-state index is 12.3. The maximum absolute atomic E-state index is 12.3. The quantitative estimate of drug-likeness (QED) is 0.629. The third-order valence-electron chi connectivity index (χ3n) is 3.23. The standard InChI is InChI=1S/C16H11N5OS/c22-15(19-16-18-12-8-4-5-9-14(12)23-16)13-10-17-21(20-13)11-6-2-1-3-7-11/h1-10H,(H,18,19,22). The second kappa shape index (κ2) is 5.62. The highest BCUT2D eigenvalue weighted by Gasteiger charge is 2.14. The summed E-state index contributed by atoms with van der Waals surface area (Å²) in [5.74, 6) is -0.328. The highest BCUT2D eigenvalue weighted by atomic mass is 32.1.